The number of aliphatic hydroxyl groups excluding tert-OH is 2. The molecule has 2 aliphatic heterocycles. The number of aromatic nitrogens is 1. The second-order valence-corrected chi connectivity index (χ2v) is 11.9. The molecule has 3 fully saturated rings. The number of hydrogen-bond donors (Lipinski definition) is 2. The Labute approximate surface area is 250 Å². The number of methoxy groups -OCH3 is 1. The van der Waals surface area contributed by atoms with Gasteiger partial charge in [0, 0.05) is 43.8 Å². The van der Waals surface area contributed by atoms with Crippen molar-refractivity contribution in [2.24, 2.45) is 11.8 Å². The van der Waals surface area contributed by atoms with E-state index in [1.54, 1.807) is 13.3 Å². The Kier molecular flexibility index (Phi) is 7.53. The van der Waals surface area contributed by atoms with Crippen LogP contribution in [-0.2, 0) is 4.74 Å². The number of benzene rings is 2. The van der Waals surface area contributed by atoms with Gasteiger partial charge in [-0.25, -0.2) is 0 Å². The fourth-order valence-corrected chi connectivity index (χ4v) is 6.95. The fourth-order valence-electron chi connectivity index (χ4n) is 6.95. The van der Waals surface area contributed by atoms with Crippen molar-refractivity contribution in [3.63, 3.8) is 0 Å². The Bertz CT molecular complexity index is 1660. The molecule has 9 heteroatoms. The van der Waals surface area contributed by atoms with Gasteiger partial charge in [0.1, 0.15) is 41.2 Å². The third-order valence-corrected chi connectivity index (χ3v) is 9.17. The van der Waals surface area contributed by atoms with Crippen molar-refractivity contribution in [1.82, 2.24) is 9.88 Å². The molecule has 0 bridgehead atoms. The van der Waals surface area contributed by atoms with Crippen LogP contribution in [0.1, 0.15) is 43.0 Å². The molecule has 7 rings (SSSR count). The van der Waals surface area contributed by atoms with Crippen LogP contribution in [0.2, 0.25) is 0 Å². The molecule has 4 aromatic rings. The molecule has 0 amide bonds. The van der Waals surface area contributed by atoms with E-state index in [4.69, 9.17) is 18.6 Å². The van der Waals surface area contributed by atoms with Crippen molar-refractivity contribution in [2.75, 3.05) is 33.4 Å². The van der Waals surface area contributed by atoms with E-state index in [1.165, 1.54) is 0 Å². The number of ether oxygens (including phenoxy) is 3. The first kappa shape index (κ1) is 27.9. The normalized spacial score (nSPS) is 23.3. The van der Waals surface area contributed by atoms with E-state index in [2.05, 4.69) is 16.0 Å². The van der Waals surface area contributed by atoms with Gasteiger partial charge in [-0.05, 0) is 66.1 Å². The molecule has 4 atom stereocenters. The maximum Gasteiger partial charge on any atom is 0.161 e. The summed E-state index contributed by atoms with van der Waals surface area (Å²) in [5.41, 5.74) is 4.92. The minimum absolute atomic E-state index is 0.0403. The van der Waals surface area contributed by atoms with Crippen molar-refractivity contribution < 1.29 is 28.8 Å². The Hall–Kier alpha value is -3.94. The molecule has 2 saturated heterocycles. The highest BCUT2D eigenvalue weighted by Crippen LogP contribution is 2.43. The van der Waals surface area contributed by atoms with Gasteiger partial charge in [0.15, 0.2) is 5.58 Å². The lowest BCUT2D eigenvalue weighted by Gasteiger charge is -2.25. The fraction of sp³-hybridized carbons (Fsp3) is 0.412. The van der Waals surface area contributed by atoms with Crippen LogP contribution in [0.15, 0.2) is 59.1 Å². The number of aliphatic hydroxyl groups is 2. The van der Waals surface area contributed by atoms with E-state index in [0.29, 0.717) is 59.0 Å². The average Bonchev–Trinajstić information content (AvgIpc) is 3.74. The summed E-state index contributed by atoms with van der Waals surface area (Å²) in [6, 6.07) is 17.3. The highest BCUT2D eigenvalue weighted by Gasteiger charge is 2.42. The highest BCUT2D eigenvalue weighted by molar-refractivity contribution is 5.93. The van der Waals surface area contributed by atoms with E-state index >= 15 is 0 Å². The molecule has 1 aliphatic carbocycles. The largest absolute Gasteiger partial charge is 0.496 e. The highest BCUT2D eigenvalue weighted by atomic mass is 16.5. The van der Waals surface area contributed by atoms with Gasteiger partial charge in [0.2, 0.25) is 0 Å². The van der Waals surface area contributed by atoms with E-state index in [9.17, 15) is 15.5 Å². The van der Waals surface area contributed by atoms with Crippen LogP contribution in [0.4, 0.5) is 0 Å². The van der Waals surface area contributed by atoms with Crippen LogP contribution in [0, 0.1) is 23.2 Å². The van der Waals surface area contributed by atoms with Gasteiger partial charge in [0.25, 0.3) is 0 Å². The van der Waals surface area contributed by atoms with Gasteiger partial charge in [0.05, 0.1) is 37.6 Å². The number of nitriles is 1. The first-order valence-electron chi connectivity index (χ1n) is 15.0. The summed E-state index contributed by atoms with van der Waals surface area (Å²) >= 11 is 0. The Morgan fingerprint density at radius 1 is 1.00 bits per heavy atom. The molecule has 43 heavy (non-hydrogen) atoms. The van der Waals surface area contributed by atoms with Crippen molar-refractivity contribution in [1.29, 1.82) is 5.26 Å². The molecule has 2 aromatic heterocycles. The minimum Gasteiger partial charge on any atom is -0.496 e. The molecule has 9 nitrogen and oxygen atoms in total. The number of nitrogens with zero attached hydrogens (tertiary/aromatic N) is 3. The third-order valence-electron chi connectivity index (χ3n) is 9.17. The molecule has 1 saturated carbocycles. The topological polar surface area (TPSA) is 121 Å². The lowest BCUT2D eigenvalue weighted by atomic mass is 10.0. The molecule has 4 heterocycles. The van der Waals surface area contributed by atoms with Crippen molar-refractivity contribution in [2.45, 2.75) is 44.1 Å². The zero-order chi connectivity index (χ0) is 29.5. The lowest BCUT2D eigenvalue weighted by molar-refractivity contribution is 0.00970. The summed E-state index contributed by atoms with van der Waals surface area (Å²) in [6.45, 7) is 2.89. The molecule has 2 aromatic carbocycles. The quantitative estimate of drug-likeness (QED) is 0.300. The van der Waals surface area contributed by atoms with Gasteiger partial charge in [-0.2, -0.15) is 5.26 Å². The molecule has 0 spiro atoms. The number of rotatable bonds is 7. The second kappa shape index (κ2) is 11.6. The van der Waals surface area contributed by atoms with E-state index < -0.39 is 6.23 Å². The van der Waals surface area contributed by atoms with E-state index in [1.807, 2.05) is 48.5 Å². The van der Waals surface area contributed by atoms with Crippen molar-refractivity contribution in [3.05, 3.63) is 65.9 Å². The van der Waals surface area contributed by atoms with Crippen molar-refractivity contribution in [3.8, 4) is 40.0 Å². The Morgan fingerprint density at radius 2 is 1.79 bits per heavy atom. The smallest absolute Gasteiger partial charge is 0.161 e. The summed E-state index contributed by atoms with van der Waals surface area (Å²) in [5, 5.41) is 31.1. The molecule has 2 N–H and O–H groups in total. The van der Waals surface area contributed by atoms with Gasteiger partial charge in [-0.15, -0.1) is 0 Å². The third kappa shape index (κ3) is 5.36. The van der Waals surface area contributed by atoms with Crippen LogP contribution in [0.25, 0.3) is 33.6 Å². The number of furan rings is 1. The zero-order valence-electron chi connectivity index (χ0n) is 24.1. The van der Waals surface area contributed by atoms with Crippen LogP contribution >= 0.6 is 0 Å². The molecular weight excluding hydrogens is 546 g/mol. The molecule has 0 radical (unpaired) electrons. The minimum atomic E-state index is -0.748. The lowest BCUT2D eigenvalue weighted by Crippen LogP contribution is -2.28. The first-order chi connectivity index (χ1) is 21.0. The Morgan fingerprint density at radius 3 is 2.53 bits per heavy atom. The van der Waals surface area contributed by atoms with Gasteiger partial charge >= 0.3 is 0 Å². The summed E-state index contributed by atoms with van der Waals surface area (Å²) in [7, 11) is 1.61. The number of fused-ring (bicyclic) bond motifs is 2. The molecular formula is C34H35N3O6. The molecule has 3 aliphatic rings. The number of pyridine rings is 1. The van der Waals surface area contributed by atoms with E-state index in [0.717, 1.165) is 61.0 Å². The predicted octanol–water partition coefficient (Wildman–Crippen LogP) is 5.29. The van der Waals surface area contributed by atoms with Crippen molar-refractivity contribution >= 4 is 11.1 Å². The first-order valence-corrected chi connectivity index (χ1v) is 15.0. The SMILES string of the molecule is COc1cc(C(O)N2C[C@H]3CC(O)C[C@H]3C2)ccc1-c1cc2nccc(-c3ccc(OC4CCOCC4)c(C#N)c3)c2o1. The number of hydrogen-bond acceptors (Lipinski definition) is 9. The van der Waals surface area contributed by atoms with Crippen LogP contribution < -0.4 is 9.47 Å². The zero-order valence-corrected chi connectivity index (χ0v) is 24.1. The second-order valence-electron chi connectivity index (χ2n) is 11.9. The van der Waals surface area contributed by atoms with Gasteiger partial charge < -0.3 is 28.8 Å². The van der Waals surface area contributed by atoms with Gasteiger partial charge in [-0.3, -0.25) is 9.88 Å². The number of likely N-dealkylation sites (tertiary alicyclic amines) is 1. The van der Waals surface area contributed by atoms with Crippen LogP contribution in [-0.4, -0.2) is 65.7 Å². The Balaban J connectivity index is 1.16. The molecule has 222 valence electrons. The summed E-state index contributed by atoms with van der Waals surface area (Å²) in [5.74, 6) is 2.63. The molecule has 2 unspecified atom stereocenters. The summed E-state index contributed by atoms with van der Waals surface area (Å²) < 4.78 is 23.7. The predicted molar refractivity (Wildman–Crippen MR) is 159 cm³/mol. The standard InChI is InChI=1S/C34H35N3O6/c1-40-31-15-21(34(39)37-18-23-13-25(38)14-24(23)19-37)2-4-28(31)32-16-29-33(43-32)27(6-9-36-29)20-3-5-30(22(12-20)17-35)42-26-7-10-41-11-8-26/h2-6,9,12,15-16,23-26,34,38-39H,7-8,10-11,13-14,18-19H2,1H3/t23-,24+,25?,34?. The summed E-state index contributed by atoms with van der Waals surface area (Å²) in [6.07, 6.45) is 4.04. The monoisotopic (exact) mass is 581 g/mol. The maximum absolute atomic E-state index is 11.2. The van der Waals surface area contributed by atoms with Crippen LogP contribution in [0.3, 0.4) is 0 Å². The van der Waals surface area contributed by atoms with Crippen LogP contribution in [0.5, 0.6) is 11.5 Å². The summed E-state index contributed by atoms with van der Waals surface area (Å²) in [4.78, 5) is 6.62. The van der Waals surface area contributed by atoms with Gasteiger partial charge in [-0.1, -0.05) is 12.1 Å². The average molecular weight is 582 g/mol. The van der Waals surface area contributed by atoms with E-state index in [-0.39, 0.29) is 12.2 Å². The maximum atomic E-state index is 11.2.